The Bertz CT molecular complexity index is 1180. The van der Waals surface area contributed by atoms with Crippen molar-refractivity contribution in [1.29, 1.82) is 0 Å². The minimum absolute atomic E-state index is 0.407. The molecule has 2 aromatic carbocycles. The average Bonchev–Trinajstić information content (AvgIpc) is 3.38. The molecule has 6 nitrogen and oxygen atoms in total. The Morgan fingerprint density at radius 2 is 1.89 bits per heavy atom. The van der Waals surface area contributed by atoms with Gasteiger partial charge in [-0.05, 0) is 62.3 Å². The fourth-order valence-electron chi connectivity index (χ4n) is 4.80. The van der Waals surface area contributed by atoms with Crippen molar-refractivity contribution in [3.63, 3.8) is 0 Å². The zero-order valence-corrected chi connectivity index (χ0v) is 23.1. The maximum atomic E-state index is 6.57. The molecule has 8 heteroatoms. The van der Waals surface area contributed by atoms with Crippen molar-refractivity contribution in [2.24, 2.45) is 0 Å². The summed E-state index contributed by atoms with van der Waals surface area (Å²) in [6, 6.07) is 12.8. The van der Waals surface area contributed by atoms with Gasteiger partial charge in [0.15, 0.2) is 0 Å². The third-order valence-corrected chi connectivity index (χ3v) is 7.70. The Hall–Kier alpha value is -2.48. The highest BCUT2D eigenvalue weighted by Crippen LogP contribution is 2.36. The van der Waals surface area contributed by atoms with E-state index in [0.717, 1.165) is 58.3 Å². The number of hydrogen-bond acceptors (Lipinski definition) is 7. The van der Waals surface area contributed by atoms with Crippen LogP contribution in [0.15, 0.2) is 48.4 Å². The Morgan fingerprint density at radius 1 is 1.14 bits per heavy atom. The maximum Gasteiger partial charge on any atom is 0.318 e. The van der Waals surface area contributed by atoms with E-state index < -0.39 is 0 Å². The van der Waals surface area contributed by atoms with E-state index in [1.165, 1.54) is 31.5 Å². The summed E-state index contributed by atoms with van der Waals surface area (Å²) in [6.45, 7) is 8.88. The van der Waals surface area contributed by atoms with E-state index in [-0.39, 0.29) is 0 Å². The molecule has 1 saturated heterocycles. The Morgan fingerprint density at radius 3 is 2.56 bits per heavy atom. The monoisotopic (exact) mass is 525 g/mol. The minimum Gasteiger partial charge on any atom is -0.467 e. The topological polar surface area (TPSA) is 44.7 Å². The summed E-state index contributed by atoms with van der Waals surface area (Å²) in [5, 5.41) is 4.88. The second kappa shape index (κ2) is 12.7. The van der Waals surface area contributed by atoms with E-state index in [1.807, 2.05) is 17.5 Å². The van der Waals surface area contributed by atoms with Crippen molar-refractivity contribution in [3.8, 4) is 6.01 Å². The second-order valence-electron chi connectivity index (χ2n) is 9.22. The van der Waals surface area contributed by atoms with Gasteiger partial charge in [-0.1, -0.05) is 42.4 Å². The quantitative estimate of drug-likeness (QED) is 0.357. The number of halogens is 1. The maximum absolute atomic E-state index is 6.57. The molecule has 0 radical (unpaired) electrons. The highest BCUT2D eigenvalue weighted by molar-refractivity contribution is 8.02. The van der Waals surface area contributed by atoms with E-state index in [4.69, 9.17) is 21.3 Å². The Kier molecular flexibility index (Phi) is 9.35. The molecular weight excluding hydrogens is 490 g/mol. The smallest absolute Gasteiger partial charge is 0.318 e. The summed E-state index contributed by atoms with van der Waals surface area (Å²) in [5.41, 5.74) is 3.35. The first-order valence-electron chi connectivity index (χ1n) is 12.5. The summed E-state index contributed by atoms with van der Waals surface area (Å²) in [4.78, 5) is 16.2. The molecule has 2 aliphatic rings. The molecule has 0 bridgehead atoms. The van der Waals surface area contributed by atoms with Crippen LogP contribution in [-0.2, 0) is 13.0 Å². The zero-order valence-electron chi connectivity index (χ0n) is 21.5. The van der Waals surface area contributed by atoms with Crippen LogP contribution in [0.25, 0.3) is 10.8 Å². The number of fused-ring (bicyclic) bond motifs is 2. The van der Waals surface area contributed by atoms with Gasteiger partial charge >= 0.3 is 6.01 Å². The third-order valence-electron chi connectivity index (χ3n) is 6.73. The van der Waals surface area contributed by atoms with Crippen molar-refractivity contribution >= 4 is 45.6 Å². The van der Waals surface area contributed by atoms with Gasteiger partial charge in [0.05, 0.1) is 24.4 Å². The van der Waals surface area contributed by atoms with E-state index in [1.54, 1.807) is 18.9 Å². The van der Waals surface area contributed by atoms with Crippen LogP contribution >= 0.6 is 23.4 Å². The summed E-state index contributed by atoms with van der Waals surface area (Å²) in [7, 11) is 5.86. The molecule has 5 rings (SSSR count). The van der Waals surface area contributed by atoms with Crippen molar-refractivity contribution < 1.29 is 4.74 Å². The minimum atomic E-state index is 0.407. The highest BCUT2D eigenvalue weighted by atomic mass is 35.5. The SMILES string of the molecule is C=CSCCN(C)c1nc(OC)nc2c1CCN(c1cccc3cccc(Cl)c13)C2.CN1CCCC1. The lowest BCUT2D eigenvalue weighted by Gasteiger charge is -2.33. The first-order valence-corrected chi connectivity index (χ1v) is 13.9. The van der Waals surface area contributed by atoms with Crippen LogP contribution in [0.2, 0.25) is 5.02 Å². The number of nitrogens with zero attached hydrogens (tertiary/aromatic N) is 5. The molecule has 0 unspecified atom stereocenters. The number of ether oxygens (including phenoxy) is 1. The molecule has 3 aromatic rings. The van der Waals surface area contributed by atoms with Crippen LogP contribution in [0.5, 0.6) is 6.01 Å². The van der Waals surface area contributed by atoms with Gasteiger partial charge in [0.1, 0.15) is 5.82 Å². The first-order chi connectivity index (χ1) is 17.5. The number of likely N-dealkylation sites (tertiary alicyclic amines) is 1. The molecule has 2 aliphatic heterocycles. The standard InChI is InChI=1S/C23H25ClN4OS.C5H11N/c1-4-30-14-13-27(2)22-17-11-12-28(15-19(17)25-23(26-22)29-3)20-10-6-8-16-7-5-9-18(24)21(16)20;1-6-4-2-3-5-6/h4-10H,1,11-15H2,2-3H3;2-5H2,1H3. The van der Waals surface area contributed by atoms with E-state index in [9.17, 15) is 0 Å². The molecule has 0 amide bonds. The largest absolute Gasteiger partial charge is 0.467 e. The molecule has 192 valence electrons. The molecule has 0 spiro atoms. The van der Waals surface area contributed by atoms with Gasteiger partial charge in [0.25, 0.3) is 0 Å². The lowest BCUT2D eigenvalue weighted by Crippen LogP contribution is -2.34. The number of hydrogen-bond donors (Lipinski definition) is 0. The lowest BCUT2D eigenvalue weighted by atomic mass is 10.0. The third kappa shape index (κ3) is 6.25. The van der Waals surface area contributed by atoms with Gasteiger partial charge in [-0.15, -0.1) is 11.8 Å². The van der Waals surface area contributed by atoms with Crippen LogP contribution in [0.4, 0.5) is 11.5 Å². The zero-order chi connectivity index (χ0) is 25.5. The highest BCUT2D eigenvalue weighted by Gasteiger charge is 2.25. The number of benzene rings is 2. The van der Waals surface area contributed by atoms with Crippen LogP contribution in [-0.4, -0.2) is 68.0 Å². The van der Waals surface area contributed by atoms with Gasteiger partial charge in [0, 0.05) is 42.5 Å². The van der Waals surface area contributed by atoms with E-state index in [2.05, 4.69) is 64.6 Å². The van der Waals surface area contributed by atoms with Crippen molar-refractivity contribution in [2.45, 2.75) is 25.8 Å². The predicted octanol–water partition coefficient (Wildman–Crippen LogP) is 5.88. The summed E-state index contributed by atoms with van der Waals surface area (Å²) in [5.74, 6) is 1.92. The average molecular weight is 526 g/mol. The molecule has 0 aliphatic carbocycles. The number of methoxy groups -OCH3 is 1. The molecule has 1 aromatic heterocycles. The molecule has 0 N–H and O–H groups in total. The number of thioether (sulfide) groups is 1. The van der Waals surface area contributed by atoms with Crippen molar-refractivity contribution in [2.75, 3.05) is 62.9 Å². The van der Waals surface area contributed by atoms with Gasteiger partial charge in [-0.2, -0.15) is 9.97 Å². The van der Waals surface area contributed by atoms with Crippen LogP contribution in [0.1, 0.15) is 24.1 Å². The fourth-order valence-corrected chi connectivity index (χ4v) is 5.62. The lowest BCUT2D eigenvalue weighted by molar-refractivity contribution is 0.376. The van der Waals surface area contributed by atoms with Crippen LogP contribution in [0.3, 0.4) is 0 Å². The van der Waals surface area contributed by atoms with Gasteiger partial charge in [-0.3, -0.25) is 0 Å². The summed E-state index contributed by atoms with van der Waals surface area (Å²) in [6.07, 6.45) is 3.70. The number of aromatic nitrogens is 2. The normalized spacial score (nSPS) is 15.3. The van der Waals surface area contributed by atoms with Gasteiger partial charge < -0.3 is 19.4 Å². The van der Waals surface area contributed by atoms with Gasteiger partial charge in [-0.25, -0.2) is 0 Å². The Balaban J connectivity index is 0.000000445. The van der Waals surface area contributed by atoms with E-state index >= 15 is 0 Å². The van der Waals surface area contributed by atoms with Crippen LogP contribution < -0.4 is 14.5 Å². The summed E-state index contributed by atoms with van der Waals surface area (Å²) >= 11 is 8.27. The number of anilines is 2. The molecule has 0 atom stereocenters. The fraction of sp³-hybridized carbons (Fsp3) is 0.429. The Labute approximate surface area is 224 Å². The predicted molar refractivity (Wildman–Crippen MR) is 155 cm³/mol. The van der Waals surface area contributed by atoms with Crippen LogP contribution in [0, 0.1) is 0 Å². The molecular formula is C28H36ClN5OS. The molecule has 36 heavy (non-hydrogen) atoms. The van der Waals surface area contributed by atoms with Gasteiger partial charge in [0.2, 0.25) is 0 Å². The summed E-state index contributed by atoms with van der Waals surface area (Å²) < 4.78 is 5.42. The van der Waals surface area contributed by atoms with Crippen molar-refractivity contribution in [1.82, 2.24) is 14.9 Å². The molecule has 1 fully saturated rings. The number of rotatable bonds is 7. The van der Waals surface area contributed by atoms with Crippen molar-refractivity contribution in [3.05, 3.63) is 64.7 Å². The first kappa shape index (κ1) is 26.6. The second-order valence-corrected chi connectivity index (χ2v) is 10.7. The molecule has 0 saturated carbocycles. The van der Waals surface area contributed by atoms with E-state index in [0.29, 0.717) is 12.6 Å². The molecule has 3 heterocycles.